The predicted octanol–water partition coefficient (Wildman–Crippen LogP) is 4.10. The lowest BCUT2D eigenvalue weighted by Crippen LogP contribution is -2.15. The molecular weight excluding hydrogens is 334 g/mol. The SMILES string of the molecule is CCn1c(SCC(=O)Nc2cc(C)ccc2OC)nc2ccccc21. The van der Waals surface area contributed by atoms with E-state index in [0.29, 0.717) is 17.2 Å². The third-order valence-electron chi connectivity index (χ3n) is 3.90. The van der Waals surface area contributed by atoms with Crippen LogP contribution in [0.5, 0.6) is 5.75 Å². The van der Waals surface area contributed by atoms with E-state index in [1.54, 1.807) is 7.11 Å². The van der Waals surface area contributed by atoms with Gasteiger partial charge in [-0.05, 0) is 43.7 Å². The molecule has 3 rings (SSSR count). The number of amides is 1. The third kappa shape index (κ3) is 3.79. The first-order valence-electron chi connectivity index (χ1n) is 8.15. The fourth-order valence-electron chi connectivity index (χ4n) is 2.71. The zero-order valence-electron chi connectivity index (χ0n) is 14.6. The smallest absolute Gasteiger partial charge is 0.234 e. The fraction of sp³-hybridized carbons (Fsp3) is 0.263. The molecule has 1 heterocycles. The van der Waals surface area contributed by atoms with Crippen LogP contribution in [0, 0.1) is 6.92 Å². The summed E-state index contributed by atoms with van der Waals surface area (Å²) in [5.74, 6) is 0.869. The third-order valence-corrected chi connectivity index (χ3v) is 4.87. The Balaban J connectivity index is 1.72. The summed E-state index contributed by atoms with van der Waals surface area (Å²) >= 11 is 1.44. The number of nitrogens with one attached hydrogen (secondary N) is 1. The number of fused-ring (bicyclic) bond motifs is 1. The first kappa shape index (κ1) is 17.4. The molecule has 0 aliphatic rings. The van der Waals surface area contributed by atoms with Crippen molar-refractivity contribution in [2.75, 3.05) is 18.2 Å². The maximum atomic E-state index is 12.4. The average molecular weight is 355 g/mol. The van der Waals surface area contributed by atoms with Crippen LogP contribution in [0.25, 0.3) is 11.0 Å². The number of rotatable bonds is 6. The van der Waals surface area contributed by atoms with Crippen LogP contribution < -0.4 is 10.1 Å². The van der Waals surface area contributed by atoms with Gasteiger partial charge < -0.3 is 14.6 Å². The number of aryl methyl sites for hydroxylation is 2. The highest BCUT2D eigenvalue weighted by Crippen LogP contribution is 2.27. The molecule has 130 valence electrons. The molecule has 3 aromatic rings. The molecule has 25 heavy (non-hydrogen) atoms. The van der Waals surface area contributed by atoms with Crippen molar-refractivity contribution in [3.05, 3.63) is 48.0 Å². The lowest BCUT2D eigenvalue weighted by atomic mass is 10.2. The van der Waals surface area contributed by atoms with Crippen LogP contribution in [0.15, 0.2) is 47.6 Å². The summed E-state index contributed by atoms with van der Waals surface area (Å²) in [4.78, 5) is 17.0. The van der Waals surface area contributed by atoms with Crippen molar-refractivity contribution >= 4 is 34.4 Å². The zero-order valence-corrected chi connectivity index (χ0v) is 15.4. The van der Waals surface area contributed by atoms with Gasteiger partial charge in [-0.3, -0.25) is 4.79 Å². The number of methoxy groups -OCH3 is 1. The van der Waals surface area contributed by atoms with Gasteiger partial charge in [0.25, 0.3) is 0 Å². The number of carbonyl (C=O) groups excluding carboxylic acids is 1. The van der Waals surface area contributed by atoms with E-state index in [9.17, 15) is 4.79 Å². The van der Waals surface area contributed by atoms with Crippen molar-refractivity contribution in [2.45, 2.75) is 25.5 Å². The van der Waals surface area contributed by atoms with E-state index in [1.165, 1.54) is 11.8 Å². The van der Waals surface area contributed by atoms with E-state index >= 15 is 0 Å². The number of hydrogen-bond acceptors (Lipinski definition) is 4. The zero-order chi connectivity index (χ0) is 17.8. The maximum Gasteiger partial charge on any atom is 0.234 e. The standard InChI is InChI=1S/C19H21N3O2S/c1-4-22-16-8-6-5-7-14(16)21-19(22)25-12-18(23)20-15-11-13(2)9-10-17(15)24-3/h5-11H,4,12H2,1-3H3,(H,20,23). The Morgan fingerprint density at radius 3 is 2.84 bits per heavy atom. The van der Waals surface area contributed by atoms with Gasteiger partial charge in [0.15, 0.2) is 5.16 Å². The molecule has 0 unspecified atom stereocenters. The normalized spacial score (nSPS) is 10.8. The summed E-state index contributed by atoms with van der Waals surface area (Å²) in [5.41, 5.74) is 3.80. The van der Waals surface area contributed by atoms with Crippen molar-refractivity contribution in [3.63, 3.8) is 0 Å². The summed E-state index contributed by atoms with van der Waals surface area (Å²) in [7, 11) is 1.60. The molecule has 0 aliphatic carbocycles. The molecule has 0 aliphatic heterocycles. The monoisotopic (exact) mass is 355 g/mol. The number of thioether (sulfide) groups is 1. The molecule has 0 atom stereocenters. The van der Waals surface area contributed by atoms with Crippen LogP contribution >= 0.6 is 11.8 Å². The van der Waals surface area contributed by atoms with Crippen LogP contribution in [0.4, 0.5) is 5.69 Å². The molecule has 6 heteroatoms. The van der Waals surface area contributed by atoms with Crippen LogP contribution in [0.2, 0.25) is 0 Å². The summed E-state index contributed by atoms with van der Waals surface area (Å²) in [6, 6.07) is 13.7. The molecule has 1 N–H and O–H groups in total. The van der Waals surface area contributed by atoms with Crippen molar-refractivity contribution in [1.82, 2.24) is 9.55 Å². The Hall–Kier alpha value is -2.47. The molecule has 5 nitrogen and oxygen atoms in total. The second kappa shape index (κ2) is 7.61. The molecule has 0 saturated carbocycles. The van der Waals surface area contributed by atoms with Crippen LogP contribution in [0.1, 0.15) is 12.5 Å². The Bertz CT molecular complexity index is 905. The van der Waals surface area contributed by atoms with Crippen molar-refractivity contribution < 1.29 is 9.53 Å². The predicted molar refractivity (Wildman–Crippen MR) is 102 cm³/mol. The van der Waals surface area contributed by atoms with E-state index < -0.39 is 0 Å². The number of ether oxygens (including phenoxy) is 1. The van der Waals surface area contributed by atoms with Gasteiger partial charge in [0, 0.05) is 6.54 Å². The molecular formula is C19H21N3O2S. The summed E-state index contributed by atoms with van der Waals surface area (Å²) in [5, 5.41) is 3.78. The number of nitrogens with zero attached hydrogens (tertiary/aromatic N) is 2. The van der Waals surface area contributed by atoms with Gasteiger partial charge in [0.05, 0.1) is 29.6 Å². The van der Waals surface area contributed by atoms with Gasteiger partial charge in [-0.25, -0.2) is 4.98 Å². The van der Waals surface area contributed by atoms with Crippen molar-refractivity contribution in [2.24, 2.45) is 0 Å². The minimum atomic E-state index is -0.0800. The first-order valence-corrected chi connectivity index (χ1v) is 9.13. The maximum absolute atomic E-state index is 12.4. The number of anilines is 1. The molecule has 0 bridgehead atoms. The van der Waals surface area contributed by atoms with Crippen molar-refractivity contribution in [1.29, 1.82) is 0 Å². The van der Waals surface area contributed by atoms with E-state index in [4.69, 9.17) is 4.74 Å². The van der Waals surface area contributed by atoms with Gasteiger partial charge in [0.1, 0.15) is 5.75 Å². The molecule has 0 radical (unpaired) electrons. The highest BCUT2D eigenvalue weighted by molar-refractivity contribution is 7.99. The Kier molecular flexibility index (Phi) is 5.28. The summed E-state index contributed by atoms with van der Waals surface area (Å²) in [6.07, 6.45) is 0. The number of benzene rings is 2. The fourth-order valence-corrected chi connectivity index (χ4v) is 3.58. The molecule has 0 fully saturated rings. The lowest BCUT2D eigenvalue weighted by molar-refractivity contribution is -0.113. The topological polar surface area (TPSA) is 56.2 Å². The summed E-state index contributed by atoms with van der Waals surface area (Å²) in [6.45, 7) is 4.87. The van der Waals surface area contributed by atoms with E-state index in [-0.39, 0.29) is 5.91 Å². The Labute approximate surface area is 151 Å². The second-order valence-corrected chi connectivity index (χ2v) is 6.61. The van der Waals surface area contributed by atoms with Crippen molar-refractivity contribution in [3.8, 4) is 5.75 Å². The largest absolute Gasteiger partial charge is 0.495 e. The van der Waals surface area contributed by atoms with Crippen LogP contribution in [-0.4, -0.2) is 28.3 Å². The van der Waals surface area contributed by atoms with E-state index in [2.05, 4.69) is 21.8 Å². The van der Waals surface area contributed by atoms with Crippen LogP contribution in [0.3, 0.4) is 0 Å². The number of aromatic nitrogens is 2. The molecule has 0 spiro atoms. The van der Waals surface area contributed by atoms with Gasteiger partial charge in [0.2, 0.25) is 5.91 Å². The van der Waals surface area contributed by atoms with E-state index in [1.807, 2.05) is 49.4 Å². The molecule has 0 saturated heterocycles. The number of imidazole rings is 1. The van der Waals surface area contributed by atoms with Crippen LogP contribution in [-0.2, 0) is 11.3 Å². The van der Waals surface area contributed by atoms with Gasteiger partial charge >= 0.3 is 0 Å². The van der Waals surface area contributed by atoms with Gasteiger partial charge in [-0.2, -0.15) is 0 Å². The lowest BCUT2D eigenvalue weighted by Gasteiger charge is -2.11. The summed E-state index contributed by atoms with van der Waals surface area (Å²) < 4.78 is 7.43. The second-order valence-electron chi connectivity index (χ2n) is 5.67. The molecule has 1 aromatic heterocycles. The van der Waals surface area contributed by atoms with Gasteiger partial charge in [-0.1, -0.05) is 30.0 Å². The minimum Gasteiger partial charge on any atom is -0.495 e. The number of para-hydroxylation sites is 2. The van der Waals surface area contributed by atoms with Gasteiger partial charge in [-0.15, -0.1) is 0 Å². The van der Waals surface area contributed by atoms with E-state index in [0.717, 1.165) is 28.3 Å². The Morgan fingerprint density at radius 1 is 1.28 bits per heavy atom. The first-order chi connectivity index (χ1) is 12.1. The minimum absolute atomic E-state index is 0.0800. The molecule has 1 amide bonds. The number of hydrogen-bond donors (Lipinski definition) is 1. The Morgan fingerprint density at radius 2 is 2.08 bits per heavy atom. The average Bonchev–Trinajstić information content (AvgIpc) is 2.97. The molecule has 2 aromatic carbocycles. The quantitative estimate of drug-likeness (QED) is 0.676. The highest BCUT2D eigenvalue weighted by atomic mass is 32.2. The highest BCUT2D eigenvalue weighted by Gasteiger charge is 2.13. The number of carbonyl (C=O) groups is 1.